The number of nitrogens with zero attached hydrogens (tertiary/aromatic N) is 1. The molecule has 1 fully saturated rings. The lowest BCUT2D eigenvalue weighted by Gasteiger charge is -2.21. The third-order valence-corrected chi connectivity index (χ3v) is 3.62. The summed E-state index contributed by atoms with van der Waals surface area (Å²) in [6.45, 7) is 4.77. The van der Waals surface area contributed by atoms with Gasteiger partial charge in [0.25, 0.3) is 0 Å². The highest BCUT2D eigenvalue weighted by atomic mass is 16.1. The summed E-state index contributed by atoms with van der Waals surface area (Å²) >= 11 is 0. The minimum absolute atomic E-state index is 0.209. The first-order valence-corrected chi connectivity index (χ1v) is 6.98. The molecule has 2 rings (SSSR count). The van der Waals surface area contributed by atoms with Crippen molar-refractivity contribution in [1.29, 1.82) is 0 Å². The molecule has 1 saturated carbocycles. The first kappa shape index (κ1) is 13.1. The Kier molecular flexibility index (Phi) is 4.34. The normalized spacial score (nSPS) is 16.6. The van der Waals surface area contributed by atoms with Gasteiger partial charge < -0.3 is 5.32 Å². The Morgan fingerprint density at radius 3 is 2.72 bits per heavy atom. The van der Waals surface area contributed by atoms with E-state index < -0.39 is 0 Å². The average molecular weight is 246 g/mol. The maximum absolute atomic E-state index is 12.5. The molecule has 0 atom stereocenters. The van der Waals surface area contributed by atoms with Crippen molar-refractivity contribution in [2.45, 2.75) is 46.0 Å². The molecule has 0 bridgehead atoms. The average Bonchev–Trinajstić information content (AvgIpc) is 2.40. The summed E-state index contributed by atoms with van der Waals surface area (Å²) in [4.78, 5) is 17.0. The number of hydrogen-bond donors (Lipinski definition) is 1. The Morgan fingerprint density at radius 1 is 1.33 bits per heavy atom. The van der Waals surface area contributed by atoms with Crippen LogP contribution in [0.1, 0.15) is 55.1 Å². The number of aryl methyl sites for hydroxylation is 1. The molecule has 0 amide bonds. The fourth-order valence-electron chi connectivity index (χ4n) is 2.64. The number of nitrogens with one attached hydrogen (secondary N) is 1. The smallest absolute Gasteiger partial charge is 0.169 e. The van der Waals surface area contributed by atoms with Gasteiger partial charge in [-0.05, 0) is 38.8 Å². The second-order valence-electron chi connectivity index (χ2n) is 5.08. The van der Waals surface area contributed by atoms with Crippen LogP contribution >= 0.6 is 0 Å². The van der Waals surface area contributed by atoms with Gasteiger partial charge in [-0.25, -0.2) is 4.98 Å². The highest BCUT2D eigenvalue weighted by molar-refractivity contribution is 6.02. The van der Waals surface area contributed by atoms with Gasteiger partial charge in [-0.1, -0.05) is 19.3 Å². The molecule has 1 aromatic heterocycles. The minimum atomic E-state index is 0.209. The van der Waals surface area contributed by atoms with Gasteiger partial charge in [0.05, 0.1) is 5.56 Å². The maximum Gasteiger partial charge on any atom is 0.169 e. The molecular weight excluding hydrogens is 224 g/mol. The number of anilines is 1. The van der Waals surface area contributed by atoms with Crippen molar-refractivity contribution < 1.29 is 4.79 Å². The number of rotatable bonds is 4. The Labute approximate surface area is 109 Å². The van der Waals surface area contributed by atoms with Gasteiger partial charge in [0.2, 0.25) is 0 Å². The molecule has 1 N–H and O–H groups in total. The molecule has 0 spiro atoms. The first-order valence-electron chi connectivity index (χ1n) is 6.98. The lowest BCUT2D eigenvalue weighted by molar-refractivity contribution is 0.0890. The van der Waals surface area contributed by atoms with Crippen molar-refractivity contribution in [2.75, 3.05) is 11.9 Å². The molecule has 1 aromatic rings. The lowest BCUT2D eigenvalue weighted by Crippen LogP contribution is -2.20. The van der Waals surface area contributed by atoms with Crippen molar-refractivity contribution in [2.24, 2.45) is 5.92 Å². The molecule has 1 heterocycles. The van der Waals surface area contributed by atoms with Crippen LogP contribution < -0.4 is 5.32 Å². The molecule has 3 heteroatoms. The van der Waals surface area contributed by atoms with E-state index in [1.807, 2.05) is 26.0 Å². The fraction of sp³-hybridized carbons (Fsp3) is 0.600. The van der Waals surface area contributed by atoms with Gasteiger partial charge in [0, 0.05) is 18.2 Å². The van der Waals surface area contributed by atoms with Gasteiger partial charge in [-0.15, -0.1) is 0 Å². The minimum Gasteiger partial charge on any atom is -0.370 e. The molecule has 98 valence electrons. The van der Waals surface area contributed by atoms with Crippen molar-refractivity contribution in [3.63, 3.8) is 0 Å². The monoisotopic (exact) mass is 246 g/mol. The van der Waals surface area contributed by atoms with Crippen LogP contribution in [-0.4, -0.2) is 17.3 Å². The molecule has 1 aliphatic rings. The molecule has 1 aliphatic carbocycles. The van der Waals surface area contributed by atoms with E-state index in [0.29, 0.717) is 0 Å². The number of carbonyl (C=O) groups is 1. The van der Waals surface area contributed by atoms with E-state index in [2.05, 4.69) is 10.3 Å². The van der Waals surface area contributed by atoms with E-state index in [0.717, 1.165) is 36.5 Å². The zero-order valence-corrected chi connectivity index (χ0v) is 11.3. The predicted octanol–water partition coefficient (Wildman–Crippen LogP) is 3.58. The van der Waals surface area contributed by atoms with E-state index in [9.17, 15) is 4.79 Å². The first-order chi connectivity index (χ1) is 8.72. The summed E-state index contributed by atoms with van der Waals surface area (Å²) in [7, 11) is 0. The third-order valence-electron chi connectivity index (χ3n) is 3.62. The van der Waals surface area contributed by atoms with Crippen LogP contribution in [0.3, 0.4) is 0 Å². The van der Waals surface area contributed by atoms with Crippen molar-refractivity contribution in [1.82, 2.24) is 4.98 Å². The topological polar surface area (TPSA) is 42.0 Å². The van der Waals surface area contributed by atoms with E-state index in [1.54, 1.807) is 0 Å². The number of pyridine rings is 1. The highest BCUT2D eigenvalue weighted by Crippen LogP contribution is 2.28. The Hall–Kier alpha value is -1.38. The Balaban J connectivity index is 2.22. The number of hydrogen-bond acceptors (Lipinski definition) is 3. The molecule has 0 unspecified atom stereocenters. The van der Waals surface area contributed by atoms with E-state index in [1.165, 1.54) is 19.3 Å². The zero-order chi connectivity index (χ0) is 13.0. The van der Waals surface area contributed by atoms with Crippen LogP contribution in [0.15, 0.2) is 12.1 Å². The third kappa shape index (κ3) is 2.89. The van der Waals surface area contributed by atoms with E-state index in [4.69, 9.17) is 0 Å². The second-order valence-corrected chi connectivity index (χ2v) is 5.08. The standard InChI is InChI=1S/C15H22N2O/c1-3-16-15-13(10-9-11(2)17-15)14(18)12-7-5-4-6-8-12/h9-10,12H,3-8H2,1-2H3,(H,16,17). The van der Waals surface area contributed by atoms with E-state index >= 15 is 0 Å². The van der Waals surface area contributed by atoms with Gasteiger partial charge in [0.15, 0.2) is 5.78 Å². The molecule has 0 aliphatic heterocycles. The molecule has 0 saturated heterocycles. The highest BCUT2D eigenvalue weighted by Gasteiger charge is 2.24. The summed E-state index contributed by atoms with van der Waals surface area (Å²) < 4.78 is 0. The van der Waals surface area contributed by atoms with Crippen LogP contribution in [0.25, 0.3) is 0 Å². The second kappa shape index (κ2) is 5.98. The van der Waals surface area contributed by atoms with Crippen LogP contribution in [0.5, 0.6) is 0 Å². The summed E-state index contributed by atoms with van der Waals surface area (Å²) in [6, 6.07) is 3.86. The summed E-state index contributed by atoms with van der Waals surface area (Å²) in [5.74, 6) is 1.24. The molecular formula is C15H22N2O. The number of carbonyl (C=O) groups excluding carboxylic acids is 1. The SMILES string of the molecule is CCNc1nc(C)ccc1C(=O)C1CCCCC1. The summed E-state index contributed by atoms with van der Waals surface area (Å²) in [5.41, 5.74) is 1.72. The van der Waals surface area contributed by atoms with Crippen LogP contribution in [0.4, 0.5) is 5.82 Å². The quantitative estimate of drug-likeness (QED) is 0.826. The summed E-state index contributed by atoms with van der Waals surface area (Å²) in [5, 5.41) is 3.21. The van der Waals surface area contributed by atoms with Crippen LogP contribution in [-0.2, 0) is 0 Å². The van der Waals surface area contributed by atoms with E-state index in [-0.39, 0.29) is 11.7 Å². The molecule has 18 heavy (non-hydrogen) atoms. The predicted molar refractivity (Wildman–Crippen MR) is 74.0 cm³/mol. The molecule has 0 aromatic carbocycles. The van der Waals surface area contributed by atoms with Gasteiger partial charge in [0.1, 0.15) is 5.82 Å². The molecule has 0 radical (unpaired) electrons. The fourth-order valence-corrected chi connectivity index (χ4v) is 2.64. The largest absolute Gasteiger partial charge is 0.370 e. The molecule has 3 nitrogen and oxygen atoms in total. The Bertz CT molecular complexity index is 423. The van der Waals surface area contributed by atoms with Crippen molar-refractivity contribution >= 4 is 11.6 Å². The maximum atomic E-state index is 12.5. The van der Waals surface area contributed by atoms with Crippen molar-refractivity contribution in [3.8, 4) is 0 Å². The van der Waals surface area contributed by atoms with Crippen LogP contribution in [0.2, 0.25) is 0 Å². The van der Waals surface area contributed by atoms with Gasteiger partial charge in [-0.3, -0.25) is 4.79 Å². The Morgan fingerprint density at radius 2 is 2.06 bits per heavy atom. The number of aromatic nitrogens is 1. The lowest BCUT2D eigenvalue weighted by atomic mass is 9.84. The zero-order valence-electron chi connectivity index (χ0n) is 11.3. The van der Waals surface area contributed by atoms with Crippen LogP contribution in [0, 0.1) is 12.8 Å². The summed E-state index contributed by atoms with van der Waals surface area (Å²) in [6.07, 6.45) is 5.73. The number of Topliss-reactive ketones (excluding diaryl/α,β-unsaturated/α-hetero) is 1. The van der Waals surface area contributed by atoms with Crippen molar-refractivity contribution in [3.05, 3.63) is 23.4 Å². The van der Waals surface area contributed by atoms with Gasteiger partial charge >= 0.3 is 0 Å². The van der Waals surface area contributed by atoms with Gasteiger partial charge in [-0.2, -0.15) is 0 Å². The number of ketones is 1.